The molecule has 3 heteroatoms. The minimum Gasteiger partial charge on any atom is -0.508 e. The first kappa shape index (κ1) is 11.0. The van der Waals surface area contributed by atoms with Crippen molar-refractivity contribution in [2.75, 3.05) is 6.54 Å². The van der Waals surface area contributed by atoms with Crippen molar-refractivity contribution in [3.8, 4) is 5.75 Å². The van der Waals surface area contributed by atoms with E-state index in [-0.39, 0.29) is 11.7 Å². The van der Waals surface area contributed by atoms with Crippen molar-refractivity contribution >= 4 is 5.91 Å². The molecule has 1 aliphatic heterocycles. The van der Waals surface area contributed by atoms with Gasteiger partial charge < -0.3 is 10.0 Å². The van der Waals surface area contributed by atoms with E-state index in [2.05, 4.69) is 6.92 Å². The SMILES string of the molecule is CCC1CCCN1C(=O)c1cccc(O)c1. The zero-order chi connectivity index (χ0) is 11.5. The molecule has 0 aliphatic carbocycles. The second-order valence-electron chi connectivity index (χ2n) is 4.25. The molecule has 1 amide bonds. The number of benzene rings is 1. The minimum absolute atomic E-state index is 0.0419. The van der Waals surface area contributed by atoms with Gasteiger partial charge >= 0.3 is 0 Å². The molecule has 2 rings (SSSR count). The lowest BCUT2D eigenvalue weighted by Crippen LogP contribution is -2.34. The van der Waals surface area contributed by atoms with Crippen molar-refractivity contribution in [3.05, 3.63) is 29.8 Å². The van der Waals surface area contributed by atoms with Crippen LogP contribution in [0.4, 0.5) is 0 Å². The molecule has 1 unspecified atom stereocenters. The molecular formula is C13H17NO2. The molecule has 1 fully saturated rings. The van der Waals surface area contributed by atoms with Gasteiger partial charge in [0, 0.05) is 18.2 Å². The lowest BCUT2D eigenvalue weighted by molar-refractivity contribution is 0.0733. The van der Waals surface area contributed by atoms with Crippen molar-refractivity contribution < 1.29 is 9.90 Å². The number of carbonyl (C=O) groups is 1. The summed E-state index contributed by atoms with van der Waals surface area (Å²) in [5.74, 6) is 0.193. The highest BCUT2D eigenvalue weighted by Crippen LogP contribution is 2.23. The monoisotopic (exact) mass is 219 g/mol. The first-order chi connectivity index (χ1) is 7.72. The molecule has 0 radical (unpaired) electrons. The van der Waals surface area contributed by atoms with Crippen LogP contribution in [0, 0.1) is 0 Å². The summed E-state index contributed by atoms with van der Waals surface area (Å²) >= 11 is 0. The highest BCUT2D eigenvalue weighted by molar-refractivity contribution is 5.95. The maximum atomic E-state index is 12.2. The van der Waals surface area contributed by atoms with E-state index in [1.54, 1.807) is 18.2 Å². The molecule has 0 spiro atoms. The van der Waals surface area contributed by atoms with Crippen LogP contribution in [0.5, 0.6) is 5.75 Å². The van der Waals surface area contributed by atoms with E-state index < -0.39 is 0 Å². The molecule has 0 saturated carbocycles. The summed E-state index contributed by atoms with van der Waals surface area (Å²) in [7, 11) is 0. The van der Waals surface area contributed by atoms with Gasteiger partial charge in [-0.1, -0.05) is 13.0 Å². The summed E-state index contributed by atoms with van der Waals surface area (Å²) in [6.07, 6.45) is 3.19. The van der Waals surface area contributed by atoms with Crippen LogP contribution in [-0.4, -0.2) is 28.5 Å². The van der Waals surface area contributed by atoms with Crippen molar-refractivity contribution in [2.24, 2.45) is 0 Å². The van der Waals surface area contributed by atoms with Gasteiger partial charge in [-0.2, -0.15) is 0 Å². The fourth-order valence-electron chi connectivity index (χ4n) is 2.33. The van der Waals surface area contributed by atoms with Crippen LogP contribution in [0.1, 0.15) is 36.5 Å². The average Bonchev–Trinajstić information content (AvgIpc) is 2.76. The Morgan fingerprint density at radius 1 is 1.56 bits per heavy atom. The van der Waals surface area contributed by atoms with E-state index in [9.17, 15) is 9.90 Å². The number of hydrogen-bond donors (Lipinski definition) is 1. The number of aromatic hydroxyl groups is 1. The van der Waals surface area contributed by atoms with Crippen LogP contribution < -0.4 is 0 Å². The Morgan fingerprint density at radius 3 is 3.06 bits per heavy atom. The Labute approximate surface area is 95.7 Å². The van der Waals surface area contributed by atoms with Gasteiger partial charge in [0.05, 0.1) is 0 Å². The minimum atomic E-state index is 0.0419. The van der Waals surface area contributed by atoms with Crippen molar-refractivity contribution in [2.45, 2.75) is 32.2 Å². The third kappa shape index (κ3) is 2.03. The number of rotatable bonds is 2. The van der Waals surface area contributed by atoms with E-state index in [0.29, 0.717) is 11.6 Å². The standard InChI is InChI=1S/C13H17NO2/c1-2-11-6-4-8-14(11)13(16)10-5-3-7-12(15)9-10/h3,5,7,9,11,15H,2,4,6,8H2,1H3. The van der Waals surface area contributed by atoms with Crippen molar-refractivity contribution in [1.82, 2.24) is 4.90 Å². The van der Waals surface area contributed by atoms with Crippen LogP contribution in [0.2, 0.25) is 0 Å². The van der Waals surface area contributed by atoms with E-state index in [4.69, 9.17) is 0 Å². The highest BCUT2D eigenvalue weighted by atomic mass is 16.3. The normalized spacial score (nSPS) is 20.1. The molecule has 86 valence electrons. The van der Waals surface area contributed by atoms with Crippen molar-refractivity contribution in [1.29, 1.82) is 0 Å². The van der Waals surface area contributed by atoms with Gasteiger partial charge in [-0.05, 0) is 37.5 Å². The van der Waals surface area contributed by atoms with E-state index in [1.807, 2.05) is 4.90 Å². The molecule has 1 N–H and O–H groups in total. The smallest absolute Gasteiger partial charge is 0.254 e. The molecule has 1 aromatic rings. The van der Waals surface area contributed by atoms with Gasteiger partial charge in [0.1, 0.15) is 5.75 Å². The summed E-state index contributed by atoms with van der Waals surface area (Å²) in [6.45, 7) is 2.95. The fraction of sp³-hybridized carbons (Fsp3) is 0.462. The quantitative estimate of drug-likeness (QED) is 0.829. The van der Waals surface area contributed by atoms with Crippen molar-refractivity contribution in [3.63, 3.8) is 0 Å². The molecule has 3 nitrogen and oxygen atoms in total. The van der Waals surface area contributed by atoms with Crippen LogP contribution >= 0.6 is 0 Å². The molecule has 1 heterocycles. The van der Waals surface area contributed by atoms with E-state index in [1.165, 1.54) is 6.07 Å². The molecule has 1 aliphatic rings. The van der Waals surface area contributed by atoms with Crippen LogP contribution in [0.3, 0.4) is 0 Å². The first-order valence-electron chi connectivity index (χ1n) is 5.82. The van der Waals surface area contributed by atoms with Gasteiger partial charge in [0.25, 0.3) is 5.91 Å². The summed E-state index contributed by atoms with van der Waals surface area (Å²) in [4.78, 5) is 14.1. The number of carbonyl (C=O) groups excluding carboxylic acids is 1. The zero-order valence-electron chi connectivity index (χ0n) is 9.52. The Balaban J connectivity index is 2.18. The lowest BCUT2D eigenvalue weighted by Gasteiger charge is -2.23. The predicted octanol–water partition coefficient (Wildman–Crippen LogP) is 2.41. The maximum Gasteiger partial charge on any atom is 0.254 e. The Hall–Kier alpha value is -1.51. The Morgan fingerprint density at radius 2 is 2.38 bits per heavy atom. The van der Waals surface area contributed by atoms with Gasteiger partial charge in [-0.3, -0.25) is 4.79 Å². The first-order valence-corrected chi connectivity index (χ1v) is 5.82. The number of nitrogens with zero attached hydrogens (tertiary/aromatic N) is 1. The third-order valence-electron chi connectivity index (χ3n) is 3.20. The van der Waals surface area contributed by atoms with E-state index >= 15 is 0 Å². The van der Waals surface area contributed by atoms with Crippen LogP contribution in [0.15, 0.2) is 24.3 Å². The van der Waals surface area contributed by atoms with Gasteiger partial charge in [0.15, 0.2) is 0 Å². The Kier molecular flexibility index (Phi) is 3.13. The molecule has 0 bridgehead atoms. The molecule has 16 heavy (non-hydrogen) atoms. The highest BCUT2D eigenvalue weighted by Gasteiger charge is 2.27. The number of phenols is 1. The van der Waals surface area contributed by atoms with Gasteiger partial charge in [-0.15, -0.1) is 0 Å². The Bertz CT molecular complexity index is 389. The maximum absolute atomic E-state index is 12.2. The summed E-state index contributed by atoms with van der Waals surface area (Å²) in [5, 5.41) is 9.36. The van der Waals surface area contributed by atoms with Gasteiger partial charge in [0.2, 0.25) is 0 Å². The number of hydrogen-bond acceptors (Lipinski definition) is 2. The fourth-order valence-corrected chi connectivity index (χ4v) is 2.33. The van der Waals surface area contributed by atoms with E-state index in [0.717, 1.165) is 25.8 Å². The lowest BCUT2D eigenvalue weighted by atomic mass is 10.1. The predicted molar refractivity (Wildman–Crippen MR) is 62.5 cm³/mol. The van der Waals surface area contributed by atoms with Crippen LogP contribution in [0.25, 0.3) is 0 Å². The number of likely N-dealkylation sites (tertiary alicyclic amines) is 1. The second-order valence-corrected chi connectivity index (χ2v) is 4.25. The third-order valence-corrected chi connectivity index (χ3v) is 3.20. The topological polar surface area (TPSA) is 40.5 Å². The number of phenolic OH excluding ortho intramolecular Hbond substituents is 1. The molecule has 0 aromatic heterocycles. The van der Waals surface area contributed by atoms with Crippen LogP contribution in [-0.2, 0) is 0 Å². The molecule has 1 saturated heterocycles. The van der Waals surface area contributed by atoms with Gasteiger partial charge in [-0.25, -0.2) is 0 Å². The summed E-state index contributed by atoms with van der Waals surface area (Å²) < 4.78 is 0. The largest absolute Gasteiger partial charge is 0.508 e. The average molecular weight is 219 g/mol. The zero-order valence-corrected chi connectivity index (χ0v) is 9.52. The summed E-state index contributed by atoms with van der Waals surface area (Å²) in [5.41, 5.74) is 0.584. The molecule has 1 atom stereocenters. The summed E-state index contributed by atoms with van der Waals surface area (Å²) in [6, 6.07) is 6.95. The molecular weight excluding hydrogens is 202 g/mol. The second kappa shape index (κ2) is 4.56. The number of amides is 1. The molecule has 1 aromatic carbocycles.